The van der Waals surface area contributed by atoms with Crippen molar-refractivity contribution in [1.29, 1.82) is 0 Å². The maximum absolute atomic E-state index is 12.2. The van der Waals surface area contributed by atoms with E-state index >= 15 is 0 Å². The molecule has 2 N–H and O–H groups in total. The van der Waals surface area contributed by atoms with Crippen LogP contribution in [0.15, 0.2) is 34.7 Å². The van der Waals surface area contributed by atoms with E-state index in [0.717, 1.165) is 12.8 Å². The van der Waals surface area contributed by atoms with E-state index in [4.69, 9.17) is 9.15 Å². The molecule has 1 unspecified atom stereocenters. The largest absolute Gasteiger partial charge is 0.466 e. The Bertz CT molecular complexity index is 743. The summed E-state index contributed by atoms with van der Waals surface area (Å²) in [5, 5.41) is 5.63. The number of rotatable bonds is 4. The van der Waals surface area contributed by atoms with E-state index in [1.807, 2.05) is 0 Å². The fraction of sp³-hybridized carbons (Fsp3) is 0.333. The summed E-state index contributed by atoms with van der Waals surface area (Å²) >= 11 is 0. The lowest BCUT2D eigenvalue weighted by Gasteiger charge is -2.11. The Morgan fingerprint density at radius 1 is 1.08 bits per heavy atom. The number of nitrogens with one attached hydrogen (secondary N) is 2. The number of hydrogen-bond acceptors (Lipinski definition) is 4. The fourth-order valence-electron chi connectivity index (χ4n) is 2.70. The van der Waals surface area contributed by atoms with E-state index in [2.05, 4.69) is 10.6 Å². The molecule has 1 aliphatic rings. The number of amides is 2. The summed E-state index contributed by atoms with van der Waals surface area (Å²) in [5.41, 5.74) is 1.83. The van der Waals surface area contributed by atoms with Crippen LogP contribution < -0.4 is 10.6 Å². The maximum atomic E-state index is 12.2. The topological polar surface area (TPSA) is 80.6 Å². The maximum Gasteiger partial charge on any atom is 0.259 e. The summed E-state index contributed by atoms with van der Waals surface area (Å²) in [6.45, 7) is 4.19. The molecule has 1 aromatic heterocycles. The minimum Gasteiger partial charge on any atom is -0.466 e. The van der Waals surface area contributed by atoms with Crippen molar-refractivity contribution in [3.63, 3.8) is 0 Å². The molecule has 6 heteroatoms. The SMILES string of the molecule is Cc1cc(C(=O)Nc2ccc(NC(=O)C3CCCO3)cc2)c(C)o1. The van der Waals surface area contributed by atoms with Gasteiger partial charge in [0.1, 0.15) is 17.6 Å². The van der Waals surface area contributed by atoms with Crippen LogP contribution in [-0.2, 0) is 9.53 Å². The van der Waals surface area contributed by atoms with Crippen molar-refractivity contribution in [2.24, 2.45) is 0 Å². The normalized spacial score (nSPS) is 16.8. The average molecular weight is 328 g/mol. The molecule has 1 aliphatic heterocycles. The average Bonchev–Trinajstić information content (AvgIpc) is 3.19. The van der Waals surface area contributed by atoms with Gasteiger partial charge in [0.05, 0.1) is 5.56 Å². The smallest absolute Gasteiger partial charge is 0.259 e. The Hall–Kier alpha value is -2.60. The second-order valence-corrected chi connectivity index (χ2v) is 5.85. The lowest BCUT2D eigenvalue weighted by atomic mass is 10.2. The van der Waals surface area contributed by atoms with Crippen LogP contribution in [0, 0.1) is 13.8 Å². The van der Waals surface area contributed by atoms with Crippen molar-refractivity contribution in [2.75, 3.05) is 17.2 Å². The lowest BCUT2D eigenvalue weighted by molar-refractivity contribution is -0.124. The number of benzene rings is 1. The number of aryl methyl sites for hydroxylation is 2. The van der Waals surface area contributed by atoms with Crippen LogP contribution in [0.25, 0.3) is 0 Å². The van der Waals surface area contributed by atoms with Crippen molar-refractivity contribution in [3.05, 3.63) is 47.4 Å². The third kappa shape index (κ3) is 3.65. The van der Waals surface area contributed by atoms with E-state index in [0.29, 0.717) is 35.1 Å². The van der Waals surface area contributed by atoms with Crippen molar-refractivity contribution >= 4 is 23.2 Å². The molecule has 2 heterocycles. The first kappa shape index (κ1) is 16.3. The van der Waals surface area contributed by atoms with Crippen LogP contribution in [0.4, 0.5) is 11.4 Å². The van der Waals surface area contributed by atoms with Crippen LogP contribution in [-0.4, -0.2) is 24.5 Å². The monoisotopic (exact) mass is 328 g/mol. The molecule has 2 aromatic rings. The molecule has 0 aliphatic carbocycles. The van der Waals surface area contributed by atoms with Gasteiger partial charge in [-0.25, -0.2) is 0 Å². The number of anilines is 2. The van der Waals surface area contributed by atoms with Gasteiger partial charge in [-0.2, -0.15) is 0 Å². The van der Waals surface area contributed by atoms with Crippen molar-refractivity contribution in [3.8, 4) is 0 Å². The Kier molecular flexibility index (Phi) is 4.66. The predicted octanol–water partition coefficient (Wildman–Crippen LogP) is 3.27. The molecule has 1 atom stereocenters. The van der Waals surface area contributed by atoms with E-state index in [1.54, 1.807) is 44.2 Å². The Labute approximate surface area is 140 Å². The Morgan fingerprint density at radius 2 is 1.75 bits per heavy atom. The summed E-state index contributed by atoms with van der Waals surface area (Å²) in [7, 11) is 0. The highest BCUT2D eigenvalue weighted by atomic mass is 16.5. The molecule has 0 bridgehead atoms. The van der Waals surface area contributed by atoms with Gasteiger partial charge in [-0.05, 0) is 57.0 Å². The molecule has 1 aromatic carbocycles. The molecule has 24 heavy (non-hydrogen) atoms. The molecule has 0 radical (unpaired) electrons. The van der Waals surface area contributed by atoms with E-state index < -0.39 is 0 Å². The Balaban J connectivity index is 1.61. The summed E-state index contributed by atoms with van der Waals surface area (Å²) in [6, 6.07) is 8.68. The van der Waals surface area contributed by atoms with E-state index in [9.17, 15) is 9.59 Å². The van der Waals surface area contributed by atoms with Crippen LogP contribution in [0.1, 0.15) is 34.7 Å². The number of furan rings is 1. The van der Waals surface area contributed by atoms with Gasteiger partial charge in [-0.1, -0.05) is 0 Å². The highest BCUT2D eigenvalue weighted by Crippen LogP contribution is 2.19. The van der Waals surface area contributed by atoms with Gasteiger partial charge in [0.15, 0.2) is 0 Å². The highest BCUT2D eigenvalue weighted by Gasteiger charge is 2.23. The molecule has 2 amide bonds. The van der Waals surface area contributed by atoms with Crippen molar-refractivity contribution < 1.29 is 18.7 Å². The summed E-state index contributed by atoms with van der Waals surface area (Å²) in [4.78, 5) is 24.2. The zero-order chi connectivity index (χ0) is 17.1. The molecule has 0 spiro atoms. The van der Waals surface area contributed by atoms with Gasteiger partial charge in [-0.3, -0.25) is 9.59 Å². The first-order chi connectivity index (χ1) is 11.5. The van der Waals surface area contributed by atoms with Gasteiger partial charge < -0.3 is 19.8 Å². The number of ether oxygens (including phenoxy) is 1. The second kappa shape index (κ2) is 6.88. The van der Waals surface area contributed by atoms with Gasteiger partial charge in [0.2, 0.25) is 0 Å². The van der Waals surface area contributed by atoms with Gasteiger partial charge >= 0.3 is 0 Å². The second-order valence-electron chi connectivity index (χ2n) is 5.85. The molecule has 0 saturated carbocycles. The first-order valence-corrected chi connectivity index (χ1v) is 7.94. The quantitative estimate of drug-likeness (QED) is 0.902. The highest BCUT2D eigenvalue weighted by molar-refractivity contribution is 6.05. The minimum atomic E-state index is -0.364. The summed E-state index contributed by atoms with van der Waals surface area (Å²) in [6.07, 6.45) is 1.30. The molecule has 1 saturated heterocycles. The summed E-state index contributed by atoms with van der Waals surface area (Å²) < 4.78 is 10.7. The van der Waals surface area contributed by atoms with Crippen molar-refractivity contribution in [1.82, 2.24) is 0 Å². The van der Waals surface area contributed by atoms with E-state index in [1.165, 1.54) is 0 Å². The standard InChI is InChI=1S/C18H20N2O4/c1-11-10-15(12(2)24-11)17(21)19-13-5-7-14(8-6-13)20-18(22)16-4-3-9-23-16/h5-8,10,16H,3-4,9H2,1-2H3,(H,19,21)(H,20,22). The summed E-state index contributed by atoms with van der Waals surface area (Å²) in [5.74, 6) is 0.935. The number of carbonyl (C=O) groups is 2. The van der Waals surface area contributed by atoms with Gasteiger partial charge in [0.25, 0.3) is 11.8 Å². The first-order valence-electron chi connectivity index (χ1n) is 7.94. The van der Waals surface area contributed by atoms with Gasteiger partial charge in [0, 0.05) is 18.0 Å². The molecular formula is C18H20N2O4. The molecular weight excluding hydrogens is 308 g/mol. The van der Waals surface area contributed by atoms with Crippen LogP contribution >= 0.6 is 0 Å². The number of carbonyl (C=O) groups excluding carboxylic acids is 2. The minimum absolute atomic E-state index is 0.131. The zero-order valence-corrected chi connectivity index (χ0v) is 13.7. The third-order valence-corrected chi connectivity index (χ3v) is 3.92. The molecule has 3 rings (SSSR count). The lowest BCUT2D eigenvalue weighted by Crippen LogP contribution is -2.26. The Morgan fingerprint density at radius 3 is 2.29 bits per heavy atom. The fourth-order valence-corrected chi connectivity index (χ4v) is 2.70. The molecule has 126 valence electrons. The zero-order valence-electron chi connectivity index (χ0n) is 13.7. The molecule has 6 nitrogen and oxygen atoms in total. The van der Waals surface area contributed by atoms with Gasteiger partial charge in [-0.15, -0.1) is 0 Å². The van der Waals surface area contributed by atoms with Crippen LogP contribution in [0.2, 0.25) is 0 Å². The molecule has 1 fully saturated rings. The predicted molar refractivity (Wildman–Crippen MR) is 90.2 cm³/mol. The number of hydrogen-bond donors (Lipinski definition) is 2. The van der Waals surface area contributed by atoms with E-state index in [-0.39, 0.29) is 17.9 Å². The van der Waals surface area contributed by atoms with Crippen molar-refractivity contribution in [2.45, 2.75) is 32.8 Å². The van der Waals surface area contributed by atoms with Crippen LogP contribution in [0.5, 0.6) is 0 Å². The van der Waals surface area contributed by atoms with Crippen LogP contribution in [0.3, 0.4) is 0 Å². The third-order valence-electron chi connectivity index (χ3n) is 3.92.